The molecule has 5 nitrogen and oxygen atoms in total. The summed E-state index contributed by atoms with van der Waals surface area (Å²) in [7, 11) is 2.48. The van der Waals surface area contributed by atoms with Crippen LogP contribution in [0.4, 0.5) is 5.69 Å². The summed E-state index contributed by atoms with van der Waals surface area (Å²) in [5, 5.41) is 2.93. The Balaban J connectivity index is 3.24. The van der Waals surface area contributed by atoms with Crippen molar-refractivity contribution in [1.82, 2.24) is 0 Å². The van der Waals surface area contributed by atoms with E-state index in [1.54, 1.807) is 0 Å². The third-order valence-corrected chi connectivity index (χ3v) is 3.73. The molecule has 1 aromatic rings. The molecule has 0 saturated heterocycles. The van der Waals surface area contributed by atoms with Gasteiger partial charge in [-0.15, -0.1) is 0 Å². The fraction of sp³-hybridized carbons (Fsp3) is 0.286. The van der Waals surface area contributed by atoms with Crippen LogP contribution < -0.4 is 5.32 Å². The van der Waals surface area contributed by atoms with Crippen LogP contribution in [0.5, 0.6) is 0 Å². The Morgan fingerprint density at radius 2 is 1.90 bits per heavy atom. The van der Waals surface area contributed by atoms with Gasteiger partial charge in [-0.05, 0) is 40.0 Å². The van der Waals surface area contributed by atoms with Crippen LogP contribution in [0.3, 0.4) is 0 Å². The van der Waals surface area contributed by atoms with Crippen LogP contribution in [0.2, 0.25) is 0 Å². The number of benzene rings is 1. The van der Waals surface area contributed by atoms with E-state index in [9.17, 15) is 9.59 Å². The minimum atomic E-state index is -0.655. The molecular weight excluding hydrogens is 406 g/mol. The number of carbonyl (C=O) groups is 2. The zero-order valence-electron chi connectivity index (χ0n) is 11.8. The number of hydrogen-bond donors (Lipinski definition) is 1. The standard InChI is InChI=1S/C14H15Br2NO4/c1-4-8-5-9(15)6-10(16)13(8)17-11(14(19)21-3)7-12(18)20-2/h5-7,17H,4H2,1-3H3/b11-7+. The number of nitrogens with one attached hydrogen (secondary N) is 1. The molecule has 0 unspecified atom stereocenters. The highest BCUT2D eigenvalue weighted by atomic mass is 79.9. The largest absolute Gasteiger partial charge is 0.466 e. The van der Waals surface area contributed by atoms with Gasteiger partial charge in [0, 0.05) is 8.95 Å². The summed E-state index contributed by atoms with van der Waals surface area (Å²) in [4.78, 5) is 23.1. The lowest BCUT2D eigenvalue weighted by molar-refractivity contribution is -0.138. The van der Waals surface area contributed by atoms with Gasteiger partial charge in [0.25, 0.3) is 0 Å². The van der Waals surface area contributed by atoms with Crippen molar-refractivity contribution in [2.45, 2.75) is 13.3 Å². The monoisotopic (exact) mass is 419 g/mol. The quantitative estimate of drug-likeness (QED) is 0.584. The van der Waals surface area contributed by atoms with Crippen molar-refractivity contribution in [3.8, 4) is 0 Å². The minimum absolute atomic E-state index is 0.00192. The van der Waals surface area contributed by atoms with E-state index in [0.717, 1.165) is 27.0 Å². The highest BCUT2D eigenvalue weighted by Crippen LogP contribution is 2.32. The Hall–Kier alpha value is -1.34. The van der Waals surface area contributed by atoms with E-state index in [2.05, 4.69) is 46.7 Å². The summed E-state index contributed by atoms with van der Waals surface area (Å²) >= 11 is 6.84. The molecule has 0 saturated carbocycles. The van der Waals surface area contributed by atoms with Crippen molar-refractivity contribution in [3.05, 3.63) is 38.4 Å². The molecule has 1 N–H and O–H groups in total. The molecule has 114 valence electrons. The number of hydrogen-bond acceptors (Lipinski definition) is 5. The Kier molecular flexibility index (Phi) is 6.91. The summed E-state index contributed by atoms with van der Waals surface area (Å²) in [5.41, 5.74) is 1.67. The van der Waals surface area contributed by atoms with E-state index in [1.165, 1.54) is 14.2 Å². The van der Waals surface area contributed by atoms with Gasteiger partial charge in [-0.1, -0.05) is 22.9 Å². The molecule has 7 heteroatoms. The molecular formula is C14H15Br2NO4. The van der Waals surface area contributed by atoms with Crippen molar-refractivity contribution in [2.75, 3.05) is 19.5 Å². The predicted molar refractivity (Wildman–Crippen MR) is 87.0 cm³/mol. The average molecular weight is 421 g/mol. The summed E-state index contributed by atoms with van der Waals surface area (Å²) in [5.74, 6) is -1.30. The smallest absolute Gasteiger partial charge is 0.354 e. The summed E-state index contributed by atoms with van der Waals surface area (Å²) in [6.45, 7) is 1.99. The lowest BCUT2D eigenvalue weighted by atomic mass is 10.1. The minimum Gasteiger partial charge on any atom is -0.466 e. The second-order valence-electron chi connectivity index (χ2n) is 3.97. The molecule has 1 aromatic carbocycles. The van der Waals surface area contributed by atoms with Gasteiger partial charge in [-0.3, -0.25) is 0 Å². The van der Waals surface area contributed by atoms with Gasteiger partial charge in [0.1, 0.15) is 5.70 Å². The van der Waals surface area contributed by atoms with E-state index in [1.807, 2.05) is 19.1 Å². The predicted octanol–water partition coefficient (Wildman–Crippen LogP) is 3.42. The molecule has 1 rings (SSSR count). The molecule has 0 aliphatic rings. The Morgan fingerprint density at radius 3 is 2.43 bits per heavy atom. The number of ether oxygens (including phenoxy) is 2. The number of anilines is 1. The highest BCUT2D eigenvalue weighted by molar-refractivity contribution is 9.11. The number of esters is 2. The van der Waals surface area contributed by atoms with Crippen LogP contribution in [0.15, 0.2) is 32.9 Å². The van der Waals surface area contributed by atoms with E-state index in [-0.39, 0.29) is 5.70 Å². The Bertz CT molecular complexity index is 585. The fourth-order valence-electron chi connectivity index (χ4n) is 1.61. The van der Waals surface area contributed by atoms with E-state index in [0.29, 0.717) is 5.69 Å². The lowest BCUT2D eigenvalue weighted by Gasteiger charge is -2.15. The maximum Gasteiger partial charge on any atom is 0.354 e. The number of aryl methyl sites for hydroxylation is 1. The summed E-state index contributed by atoms with van der Waals surface area (Å²) in [6.07, 6.45) is 1.80. The molecule has 0 aliphatic heterocycles. The Labute approximate surface area is 139 Å². The maximum absolute atomic E-state index is 11.8. The van der Waals surface area contributed by atoms with Gasteiger partial charge < -0.3 is 14.8 Å². The van der Waals surface area contributed by atoms with Crippen LogP contribution in [0.25, 0.3) is 0 Å². The first-order valence-electron chi connectivity index (χ1n) is 6.05. The van der Waals surface area contributed by atoms with Gasteiger partial charge in [-0.25, -0.2) is 9.59 Å². The van der Waals surface area contributed by atoms with Crippen LogP contribution in [-0.4, -0.2) is 26.2 Å². The molecule has 0 radical (unpaired) electrons. The first kappa shape index (κ1) is 17.7. The molecule has 0 fully saturated rings. The third-order valence-electron chi connectivity index (χ3n) is 2.65. The van der Waals surface area contributed by atoms with Gasteiger partial charge in [-0.2, -0.15) is 0 Å². The number of halogens is 2. The third kappa shape index (κ3) is 4.86. The number of carbonyl (C=O) groups excluding carboxylic acids is 2. The molecule has 0 heterocycles. The van der Waals surface area contributed by atoms with Crippen molar-refractivity contribution >= 4 is 49.5 Å². The lowest BCUT2D eigenvalue weighted by Crippen LogP contribution is -2.16. The van der Waals surface area contributed by atoms with Crippen LogP contribution in [0, 0.1) is 0 Å². The van der Waals surface area contributed by atoms with Crippen molar-refractivity contribution in [2.24, 2.45) is 0 Å². The maximum atomic E-state index is 11.8. The van der Waals surface area contributed by atoms with Crippen LogP contribution in [-0.2, 0) is 25.5 Å². The molecule has 0 spiro atoms. The Morgan fingerprint density at radius 1 is 1.24 bits per heavy atom. The molecule has 21 heavy (non-hydrogen) atoms. The van der Waals surface area contributed by atoms with Crippen LogP contribution in [0.1, 0.15) is 12.5 Å². The number of rotatable bonds is 5. The van der Waals surface area contributed by atoms with E-state index >= 15 is 0 Å². The van der Waals surface area contributed by atoms with Crippen LogP contribution >= 0.6 is 31.9 Å². The molecule has 0 aromatic heterocycles. The van der Waals surface area contributed by atoms with E-state index < -0.39 is 11.9 Å². The van der Waals surface area contributed by atoms with Crippen molar-refractivity contribution in [1.29, 1.82) is 0 Å². The second-order valence-corrected chi connectivity index (χ2v) is 5.74. The average Bonchev–Trinajstić information content (AvgIpc) is 2.47. The zero-order chi connectivity index (χ0) is 16.0. The van der Waals surface area contributed by atoms with Crippen molar-refractivity contribution in [3.63, 3.8) is 0 Å². The molecule has 0 amide bonds. The normalized spacial score (nSPS) is 11.0. The van der Waals surface area contributed by atoms with Crippen molar-refractivity contribution < 1.29 is 19.1 Å². The SMILES string of the molecule is CCc1cc(Br)cc(Br)c1N/C(=C/C(=O)OC)C(=O)OC. The van der Waals surface area contributed by atoms with Gasteiger partial charge in [0.05, 0.1) is 26.0 Å². The molecule has 0 aliphatic carbocycles. The highest BCUT2D eigenvalue weighted by Gasteiger charge is 2.16. The zero-order valence-corrected chi connectivity index (χ0v) is 15.0. The fourth-order valence-corrected chi connectivity index (χ4v) is 3.03. The van der Waals surface area contributed by atoms with Gasteiger partial charge in [0.15, 0.2) is 0 Å². The topological polar surface area (TPSA) is 64.6 Å². The van der Waals surface area contributed by atoms with Gasteiger partial charge >= 0.3 is 11.9 Å². The molecule has 0 atom stereocenters. The van der Waals surface area contributed by atoms with Gasteiger partial charge in [0.2, 0.25) is 0 Å². The molecule has 0 bridgehead atoms. The van der Waals surface area contributed by atoms with E-state index in [4.69, 9.17) is 0 Å². The second kappa shape index (κ2) is 8.19. The first-order chi connectivity index (χ1) is 9.92. The first-order valence-corrected chi connectivity index (χ1v) is 7.64. The summed E-state index contributed by atoms with van der Waals surface area (Å²) < 4.78 is 10.9. The number of methoxy groups -OCH3 is 2. The summed E-state index contributed by atoms with van der Waals surface area (Å²) in [6, 6.07) is 3.77.